The summed E-state index contributed by atoms with van der Waals surface area (Å²) in [5.41, 5.74) is 1.21. The number of amides is 1. The van der Waals surface area contributed by atoms with E-state index in [4.69, 9.17) is 5.11 Å². The summed E-state index contributed by atoms with van der Waals surface area (Å²) in [4.78, 5) is 23.8. The Kier molecular flexibility index (Phi) is 8.07. The van der Waals surface area contributed by atoms with Crippen LogP contribution in [0.3, 0.4) is 0 Å². The summed E-state index contributed by atoms with van der Waals surface area (Å²) in [7, 11) is -3.51. The highest BCUT2D eigenvalue weighted by Gasteiger charge is 2.26. The lowest BCUT2D eigenvalue weighted by Crippen LogP contribution is -2.35. The molecule has 36 heavy (non-hydrogen) atoms. The molecule has 0 aliphatic carbocycles. The van der Waals surface area contributed by atoms with Crippen molar-refractivity contribution in [3.63, 3.8) is 0 Å². The van der Waals surface area contributed by atoms with E-state index in [2.05, 4.69) is 15.5 Å². The van der Waals surface area contributed by atoms with Crippen LogP contribution < -0.4 is 5.32 Å². The summed E-state index contributed by atoms with van der Waals surface area (Å²) in [5, 5.41) is 20.8. The van der Waals surface area contributed by atoms with Crippen molar-refractivity contribution in [2.45, 2.75) is 42.8 Å². The Balaban J connectivity index is 1.43. The third-order valence-corrected chi connectivity index (χ3v) is 8.70. The molecule has 12 heteroatoms. The molecule has 190 valence electrons. The van der Waals surface area contributed by atoms with Gasteiger partial charge < -0.3 is 15.0 Å². The molecule has 0 bridgehead atoms. The van der Waals surface area contributed by atoms with E-state index in [0.717, 1.165) is 24.8 Å². The maximum atomic E-state index is 12.9. The number of aromatic nitrogens is 3. The van der Waals surface area contributed by atoms with Gasteiger partial charge in [-0.15, -0.1) is 10.2 Å². The topological polar surface area (TPSA) is 134 Å². The van der Waals surface area contributed by atoms with E-state index in [1.165, 1.54) is 28.2 Å². The molecule has 0 spiro atoms. The predicted octanol–water partition coefficient (Wildman–Crippen LogP) is 3.57. The number of nitrogens with zero attached hydrogens (tertiary/aromatic N) is 4. The second-order valence-electron chi connectivity index (χ2n) is 8.26. The Morgan fingerprint density at radius 1 is 1.06 bits per heavy atom. The van der Waals surface area contributed by atoms with E-state index >= 15 is 0 Å². The molecule has 1 aromatic heterocycles. The van der Waals surface area contributed by atoms with E-state index < -0.39 is 16.0 Å². The van der Waals surface area contributed by atoms with Crippen molar-refractivity contribution in [1.29, 1.82) is 0 Å². The highest BCUT2D eigenvalue weighted by molar-refractivity contribution is 7.99. The Morgan fingerprint density at radius 2 is 1.78 bits per heavy atom. The Labute approximate surface area is 213 Å². The summed E-state index contributed by atoms with van der Waals surface area (Å²) in [6.45, 7) is 3.59. The van der Waals surface area contributed by atoms with Crippen LogP contribution in [0.1, 0.15) is 36.5 Å². The number of anilines is 1. The van der Waals surface area contributed by atoms with Crippen LogP contribution in [0, 0.1) is 0 Å². The summed E-state index contributed by atoms with van der Waals surface area (Å²) in [6.07, 6.45) is 2.81. The average molecular weight is 530 g/mol. The number of nitrogens with one attached hydrogen (secondary N) is 1. The number of hydrogen-bond donors (Lipinski definition) is 2. The zero-order valence-electron chi connectivity index (χ0n) is 19.8. The molecule has 2 N–H and O–H groups in total. The number of rotatable bonds is 9. The first-order valence-corrected chi connectivity index (χ1v) is 14.0. The molecule has 1 saturated heterocycles. The van der Waals surface area contributed by atoms with Crippen molar-refractivity contribution < 1.29 is 23.1 Å². The Hall–Kier alpha value is -3.22. The van der Waals surface area contributed by atoms with Gasteiger partial charge in [-0.25, -0.2) is 13.2 Å². The number of carboxylic acids is 1. The summed E-state index contributed by atoms with van der Waals surface area (Å²) >= 11 is 1.21. The van der Waals surface area contributed by atoms with Crippen LogP contribution in [0.2, 0.25) is 0 Å². The van der Waals surface area contributed by atoms with Gasteiger partial charge in [0, 0.05) is 30.9 Å². The minimum atomic E-state index is -3.51. The maximum Gasteiger partial charge on any atom is 0.335 e. The van der Waals surface area contributed by atoms with Gasteiger partial charge in [0.2, 0.25) is 15.9 Å². The number of sulfonamides is 1. The minimum absolute atomic E-state index is 0.0580. The second kappa shape index (κ2) is 11.2. The number of aromatic carboxylic acids is 1. The number of benzene rings is 2. The lowest BCUT2D eigenvalue weighted by atomic mass is 10.2. The van der Waals surface area contributed by atoms with Gasteiger partial charge in [-0.2, -0.15) is 4.31 Å². The molecule has 0 radical (unpaired) electrons. The molecule has 1 amide bonds. The van der Waals surface area contributed by atoms with Gasteiger partial charge in [-0.3, -0.25) is 4.79 Å². The largest absolute Gasteiger partial charge is 0.478 e. The monoisotopic (exact) mass is 529 g/mol. The van der Waals surface area contributed by atoms with Crippen LogP contribution >= 0.6 is 11.8 Å². The third-order valence-electron chi connectivity index (χ3n) is 5.82. The molecule has 4 rings (SSSR count). The van der Waals surface area contributed by atoms with Crippen LogP contribution in [0.25, 0.3) is 11.4 Å². The zero-order valence-corrected chi connectivity index (χ0v) is 21.4. The molecule has 1 aliphatic heterocycles. The van der Waals surface area contributed by atoms with E-state index in [0.29, 0.717) is 36.3 Å². The molecule has 10 nitrogen and oxygen atoms in total. The quantitative estimate of drug-likeness (QED) is 0.402. The number of thioether (sulfide) groups is 1. The fourth-order valence-corrected chi connectivity index (χ4v) is 6.30. The third kappa shape index (κ3) is 5.77. The molecule has 1 aliphatic rings. The lowest BCUT2D eigenvalue weighted by molar-refractivity contribution is -0.113. The van der Waals surface area contributed by atoms with Crippen LogP contribution in [-0.4, -0.2) is 63.3 Å². The normalized spacial score (nSPS) is 14.5. The second-order valence-corrected chi connectivity index (χ2v) is 11.1. The molecule has 0 unspecified atom stereocenters. The summed E-state index contributed by atoms with van der Waals surface area (Å²) in [5.74, 6) is -0.734. The zero-order chi connectivity index (χ0) is 25.7. The van der Waals surface area contributed by atoms with Crippen molar-refractivity contribution in [3.8, 4) is 11.4 Å². The maximum absolute atomic E-state index is 12.9. The van der Waals surface area contributed by atoms with Crippen molar-refractivity contribution >= 4 is 39.3 Å². The standard InChI is InChI=1S/C24H27N5O5S2/c1-2-29-22(17-9-11-20(12-10-17)36(33,34)28-13-4-3-5-14-28)26-27-24(29)35-16-21(30)25-19-8-6-7-18(15-19)23(31)32/h6-12,15H,2-5,13-14,16H2,1H3,(H,25,30)(H,31,32). The molecule has 0 atom stereocenters. The fraction of sp³-hybridized carbons (Fsp3) is 0.333. The van der Waals surface area contributed by atoms with Crippen molar-refractivity contribution in [2.75, 3.05) is 24.2 Å². The van der Waals surface area contributed by atoms with Gasteiger partial charge >= 0.3 is 5.97 Å². The molecule has 2 aromatic carbocycles. The molecule has 3 aromatic rings. The molecule has 1 fully saturated rings. The lowest BCUT2D eigenvalue weighted by Gasteiger charge is -2.25. The van der Waals surface area contributed by atoms with Gasteiger partial charge in [0.25, 0.3) is 0 Å². The van der Waals surface area contributed by atoms with Gasteiger partial charge in [0.15, 0.2) is 11.0 Å². The smallest absolute Gasteiger partial charge is 0.335 e. The van der Waals surface area contributed by atoms with E-state index in [1.54, 1.807) is 36.4 Å². The first-order chi connectivity index (χ1) is 17.3. The summed E-state index contributed by atoms with van der Waals surface area (Å²) in [6, 6.07) is 12.7. The van der Waals surface area contributed by atoms with Gasteiger partial charge in [0.1, 0.15) is 0 Å². The van der Waals surface area contributed by atoms with Crippen molar-refractivity contribution in [2.24, 2.45) is 0 Å². The predicted molar refractivity (Wildman–Crippen MR) is 136 cm³/mol. The number of carbonyl (C=O) groups is 2. The molecule has 0 saturated carbocycles. The van der Waals surface area contributed by atoms with Crippen molar-refractivity contribution in [1.82, 2.24) is 19.1 Å². The van der Waals surface area contributed by atoms with E-state index in [9.17, 15) is 18.0 Å². The number of hydrogen-bond acceptors (Lipinski definition) is 7. The van der Waals surface area contributed by atoms with E-state index in [-0.39, 0.29) is 22.1 Å². The van der Waals surface area contributed by atoms with Crippen LogP contribution in [-0.2, 0) is 21.4 Å². The fourth-order valence-electron chi connectivity index (χ4n) is 3.98. The Bertz CT molecular complexity index is 1350. The SMILES string of the molecule is CCn1c(SCC(=O)Nc2cccc(C(=O)O)c2)nnc1-c1ccc(S(=O)(=O)N2CCCCC2)cc1. The molecular formula is C24H27N5O5S2. The first kappa shape index (κ1) is 25.9. The molecular weight excluding hydrogens is 502 g/mol. The highest BCUT2D eigenvalue weighted by atomic mass is 32.2. The van der Waals surface area contributed by atoms with Gasteiger partial charge in [-0.1, -0.05) is 24.2 Å². The number of carbonyl (C=O) groups excluding carboxylic acids is 1. The van der Waals surface area contributed by atoms with Gasteiger partial charge in [0.05, 0.1) is 16.2 Å². The van der Waals surface area contributed by atoms with Crippen LogP contribution in [0.4, 0.5) is 5.69 Å². The Morgan fingerprint density at radius 3 is 2.44 bits per heavy atom. The minimum Gasteiger partial charge on any atom is -0.478 e. The van der Waals surface area contributed by atoms with Gasteiger partial charge in [-0.05, 0) is 62.2 Å². The number of piperidine rings is 1. The van der Waals surface area contributed by atoms with Crippen LogP contribution in [0.15, 0.2) is 58.6 Å². The highest BCUT2D eigenvalue weighted by Crippen LogP contribution is 2.27. The number of carboxylic acid groups (broad SMARTS) is 1. The van der Waals surface area contributed by atoms with Crippen LogP contribution in [0.5, 0.6) is 0 Å². The average Bonchev–Trinajstić information content (AvgIpc) is 3.31. The molecule has 2 heterocycles. The first-order valence-electron chi connectivity index (χ1n) is 11.6. The summed E-state index contributed by atoms with van der Waals surface area (Å²) < 4.78 is 29.2. The van der Waals surface area contributed by atoms with E-state index in [1.807, 2.05) is 11.5 Å². The van der Waals surface area contributed by atoms with Crippen molar-refractivity contribution in [3.05, 3.63) is 54.1 Å².